The number of halogens is 1. The van der Waals surface area contributed by atoms with Crippen LogP contribution in [0.25, 0.3) is 0 Å². The molecule has 84 valence electrons. The summed E-state index contributed by atoms with van der Waals surface area (Å²) in [6.07, 6.45) is 1.27. The van der Waals surface area contributed by atoms with Crippen molar-refractivity contribution in [3.8, 4) is 5.75 Å². The van der Waals surface area contributed by atoms with E-state index in [1.807, 2.05) is 19.1 Å². The third kappa shape index (κ3) is 1.97. The van der Waals surface area contributed by atoms with Crippen LogP contribution in [0, 0.1) is 6.92 Å². The van der Waals surface area contributed by atoms with Crippen molar-refractivity contribution >= 4 is 21.8 Å². The third-order valence-electron chi connectivity index (χ3n) is 2.57. The standard InChI is InChI=1S/C12H12BrNO2/c1-3-12(15)14-10-6-16-11-4-7(2)9(13)5-8(10)11/h3-5,10H,1,6H2,2H3,(H,14,15). The summed E-state index contributed by atoms with van der Waals surface area (Å²) < 4.78 is 6.55. The molecular weight excluding hydrogens is 270 g/mol. The van der Waals surface area contributed by atoms with Gasteiger partial charge < -0.3 is 10.1 Å². The zero-order valence-electron chi connectivity index (χ0n) is 8.92. The highest BCUT2D eigenvalue weighted by atomic mass is 79.9. The normalized spacial score (nSPS) is 17.5. The molecule has 0 saturated carbocycles. The van der Waals surface area contributed by atoms with Gasteiger partial charge in [0.15, 0.2) is 0 Å². The number of benzene rings is 1. The highest BCUT2D eigenvalue weighted by Gasteiger charge is 2.25. The van der Waals surface area contributed by atoms with Crippen LogP contribution in [0.5, 0.6) is 5.75 Å². The Bertz CT molecular complexity index is 457. The topological polar surface area (TPSA) is 38.3 Å². The summed E-state index contributed by atoms with van der Waals surface area (Å²) in [6.45, 7) is 5.91. The van der Waals surface area contributed by atoms with E-state index in [0.29, 0.717) is 6.61 Å². The molecule has 0 aromatic heterocycles. The predicted molar refractivity (Wildman–Crippen MR) is 65.5 cm³/mol. The highest BCUT2D eigenvalue weighted by Crippen LogP contribution is 2.36. The van der Waals surface area contributed by atoms with Gasteiger partial charge in [0.25, 0.3) is 0 Å². The first kappa shape index (κ1) is 11.2. The van der Waals surface area contributed by atoms with Crippen LogP contribution in [0.1, 0.15) is 17.2 Å². The Morgan fingerprint density at radius 3 is 3.12 bits per heavy atom. The molecule has 0 radical (unpaired) electrons. The highest BCUT2D eigenvalue weighted by molar-refractivity contribution is 9.10. The van der Waals surface area contributed by atoms with Gasteiger partial charge in [-0.05, 0) is 30.7 Å². The molecule has 1 aliphatic heterocycles. The number of nitrogens with one attached hydrogen (secondary N) is 1. The second kappa shape index (κ2) is 4.29. The maximum absolute atomic E-state index is 11.2. The minimum absolute atomic E-state index is 0.0857. The lowest BCUT2D eigenvalue weighted by Crippen LogP contribution is -2.27. The van der Waals surface area contributed by atoms with Crippen molar-refractivity contribution in [2.75, 3.05) is 6.61 Å². The summed E-state index contributed by atoms with van der Waals surface area (Å²) in [4.78, 5) is 11.2. The lowest BCUT2D eigenvalue weighted by atomic mass is 10.1. The van der Waals surface area contributed by atoms with Gasteiger partial charge >= 0.3 is 0 Å². The summed E-state index contributed by atoms with van der Waals surface area (Å²) in [7, 11) is 0. The van der Waals surface area contributed by atoms with E-state index in [1.54, 1.807) is 0 Å². The molecule has 0 saturated heterocycles. The van der Waals surface area contributed by atoms with Gasteiger partial charge in [0.2, 0.25) is 5.91 Å². The van der Waals surface area contributed by atoms with Crippen molar-refractivity contribution in [2.24, 2.45) is 0 Å². The Balaban J connectivity index is 2.29. The van der Waals surface area contributed by atoms with E-state index >= 15 is 0 Å². The maximum Gasteiger partial charge on any atom is 0.243 e. The Morgan fingerprint density at radius 2 is 2.44 bits per heavy atom. The number of carbonyl (C=O) groups excluding carboxylic acids is 1. The Morgan fingerprint density at radius 1 is 1.69 bits per heavy atom. The molecule has 2 rings (SSSR count). The van der Waals surface area contributed by atoms with Gasteiger partial charge in [-0.1, -0.05) is 22.5 Å². The Labute approximate surface area is 103 Å². The quantitative estimate of drug-likeness (QED) is 0.846. The van der Waals surface area contributed by atoms with E-state index in [4.69, 9.17) is 4.74 Å². The zero-order valence-corrected chi connectivity index (χ0v) is 10.5. The molecule has 0 aliphatic carbocycles. The zero-order chi connectivity index (χ0) is 11.7. The molecule has 0 spiro atoms. The van der Waals surface area contributed by atoms with Crippen LogP contribution in [0.3, 0.4) is 0 Å². The molecule has 1 aromatic carbocycles. The number of fused-ring (bicyclic) bond motifs is 1. The van der Waals surface area contributed by atoms with E-state index in [0.717, 1.165) is 21.3 Å². The van der Waals surface area contributed by atoms with Crippen LogP contribution in [0.2, 0.25) is 0 Å². The Kier molecular flexibility index (Phi) is 3.01. The maximum atomic E-state index is 11.2. The van der Waals surface area contributed by atoms with E-state index < -0.39 is 0 Å². The summed E-state index contributed by atoms with van der Waals surface area (Å²) >= 11 is 3.47. The monoisotopic (exact) mass is 281 g/mol. The number of hydrogen-bond donors (Lipinski definition) is 1. The minimum atomic E-state index is -0.182. The smallest absolute Gasteiger partial charge is 0.243 e. The SMILES string of the molecule is C=CC(=O)NC1COc2cc(C)c(Br)cc21. The van der Waals surface area contributed by atoms with Gasteiger partial charge in [-0.15, -0.1) is 0 Å². The van der Waals surface area contributed by atoms with Crippen molar-refractivity contribution in [1.82, 2.24) is 5.32 Å². The molecule has 3 nitrogen and oxygen atoms in total. The molecule has 16 heavy (non-hydrogen) atoms. The molecule has 4 heteroatoms. The van der Waals surface area contributed by atoms with Crippen molar-refractivity contribution in [1.29, 1.82) is 0 Å². The molecular formula is C12H12BrNO2. The fourth-order valence-electron chi connectivity index (χ4n) is 1.68. The van der Waals surface area contributed by atoms with Crippen LogP contribution >= 0.6 is 15.9 Å². The fourth-order valence-corrected chi connectivity index (χ4v) is 2.04. The summed E-state index contributed by atoms with van der Waals surface area (Å²) in [6, 6.07) is 3.88. The average Bonchev–Trinajstić information content (AvgIpc) is 2.62. The third-order valence-corrected chi connectivity index (χ3v) is 3.43. The van der Waals surface area contributed by atoms with Crippen molar-refractivity contribution in [3.63, 3.8) is 0 Å². The van der Waals surface area contributed by atoms with Gasteiger partial charge in [-0.2, -0.15) is 0 Å². The molecule has 1 amide bonds. The predicted octanol–water partition coefficient (Wildman–Crippen LogP) is 2.49. The van der Waals surface area contributed by atoms with Gasteiger partial charge in [-0.3, -0.25) is 4.79 Å². The lowest BCUT2D eigenvalue weighted by molar-refractivity contribution is -0.117. The Hall–Kier alpha value is -1.29. The van der Waals surface area contributed by atoms with Crippen LogP contribution in [0.15, 0.2) is 29.3 Å². The molecule has 1 aliphatic rings. The average molecular weight is 282 g/mol. The van der Waals surface area contributed by atoms with Crippen molar-refractivity contribution in [2.45, 2.75) is 13.0 Å². The van der Waals surface area contributed by atoms with Crippen LogP contribution in [-0.4, -0.2) is 12.5 Å². The summed E-state index contributed by atoms with van der Waals surface area (Å²) in [5.41, 5.74) is 2.13. The number of aryl methyl sites for hydroxylation is 1. The number of amides is 1. The first-order valence-corrected chi connectivity index (χ1v) is 5.77. The second-order valence-corrected chi connectivity index (χ2v) is 4.57. The van der Waals surface area contributed by atoms with E-state index in [-0.39, 0.29) is 11.9 Å². The van der Waals surface area contributed by atoms with Crippen molar-refractivity contribution < 1.29 is 9.53 Å². The number of hydrogen-bond acceptors (Lipinski definition) is 2. The molecule has 0 bridgehead atoms. The van der Waals surface area contributed by atoms with E-state index in [1.165, 1.54) is 6.08 Å². The fraction of sp³-hybridized carbons (Fsp3) is 0.250. The first-order valence-electron chi connectivity index (χ1n) is 4.97. The van der Waals surface area contributed by atoms with Crippen LogP contribution in [0.4, 0.5) is 0 Å². The molecule has 1 heterocycles. The van der Waals surface area contributed by atoms with Gasteiger partial charge in [0.1, 0.15) is 12.4 Å². The molecule has 1 atom stereocenters. The van der Waals surface area contributed by atoms with Gasteiger partial charge in [-0.25, -0.2) is 0 Å². The molecule has 1 unspecified atom stereocenters. The largest absolute Gasteiger partial charge is 0.491 e. The first-order chi connectivity index (χ1) is 7.61. The van der Waals surface area contributed by atoms with Crippen molar-refractivity contribution in [3.05, 3.63) is 40.4 Å². The summed E-state index contributed by atoms with van der Waals surface area (Å²) in [5.74, 6) is 0.660. The molecule has 0 fully saturated rings. The summed E-state index contributed by atoms with van der Waals surface area (Å²) in [5, 5.41) is 2.83. The van der Waals surface area contributed by atoms with Crippen LogP contribution in [-0.2, 0) is 4.79 Å². The number of rotatable bonds is 2. The number of carbonyl (C=O) groups is 1. The van der Waals surface area contributed by atoms with E-state index in [2.05, 4.69) is 27.8 Å². The van der Waals surface area contributed by atoms with Crippen LogP contribution < -0.4 is 10.1 Å². The van der Waals surface area contributed by atoms with E-state index in [9.17, 15) is 4.79 Å². The minimum Gasteiger partial charge on any atom is -0.491 e. The molecule has 1 aromatic rings. The lowest BCUT2D eigenvalue weighted by Gasteiger charge is -2.10. The number of ether oxygens (including phenoxy) is 1. The van der Waals surface area contributed by atoms with Gasteiger partial charge in [0.05, 0.1) is 6.04 Å². The van der Waals surface area contributed by atoms with Gasteiger partial charge in [0, 0.05) is 10.0 Å². The molecule has 1 N–H and O–H groups in total. The second-order valence-electron chi connectivity index (χ2n) is 3.72.